The SMILES string of the molecule is O=C1NNCC(N2CCC3NNNC3C2)C1Cl. The van der Waals surface area contributed by atoms with E-state index in [1.54, 1.807) is 0 Å². The number of alkyl halides is 1. The van der Waals surface area contributed by atoms with Crippen LogP contribution in [-0.4, -0.2) is 53.9 Å². The lowest BCUT2D eigenvalue weighted by Gasteiger charge is -2.42. The summed E-state index contributed by atoms with van der Waals surface area (Å²) in [6.07, 6.45) is 1.05. The smallest absolute Gasteiger partial charge is 0.253 e. The molecule has 0 aliphatic carbocycles. The maximum atomic E-state index is 11.5. The van der Waals surface area contributed by atoms with Crippen molar-refractivity contribution in [3.8, 4) is 0 Å². The third-order valence-electron chi connectivity index (χ3n) is 3.74. The fourth-order valence-electron chi connectivity index (χ4n) is 2.73. The molecule has 17 heavy (non-hydrogen) atoms. The van der Waals surface area contributed by atoms with Crippen LogP contribution in [-0.2, 0) is 4.79 Å². The normalized spacial score (nSPS) is 43.2. The first-order valence-electron chi connectivity index (χ1n) is 5.92. The minimum Gasteiger partial charge on any atom is -0.295 e. The molecule has 0 aromatic rings. The predicted octanol–water partition coefficient (Wildman–Crippen LogP) is -2.35. The largest absolute Gasteiger partial charge is 0.295 e. The van der Waals surface area contributed by atoms with Gasteiger partial charge in [0, 0.05) is 31.7 Å². The summed E-state index contributed by atoms with van der Waals surface area (Å²) in [5.41, 5.74) is 14.8. The first-order chi connectivity index (χ1) is 8.25. The van der Waals surface area contributed by atoms with Gasteiger partial charge in [-0.05, 0) is 6.42 Å². The second-order valence-electron chi connectivity index (χ2n) is 4.75. The molecule has 0 aromatic heterocycles. The lowest BCUT2D eigenvalue weighted by atomic mass is 9.98. The molecule has 1 amide bonds. The topological polar surface area (TPSA) is 80.5 Å². The van der Waals surface area contributed by atoms with Crippen molar-refractivity contribution in [3.63, 3.8) is 0 Å². The summed E-state index contributed by atoms with van der Waals surface area (Å²) in [6, 6.07) is 0.900. The van der Waals surface area contributed by atoms with Crippen molar-refractivity contribution in [2.75, 3.05) is 19.6 Å². The number of amides is 1. The number of hydrazine groups is 3. The Kier molecular flexibility index (Phi) is 3.20. The first kappa shape index (κ1) is 11.6. The van der Waals surface area contributed by atoms with E-state index in [-0.39, 0.29) is 11.9 Å². The second-order valence-corrected chi connectivity index (χ2v) is 5.22. The highest BCUT2D eigenvalue weighted by molar-refractivity contribution is 6.31. The molecule has 4 unspecified atom stereocenters. The van der Waals surface area contributed by atoms with Gasteiger partial charge in [0.15, 0.2) is 0 Å². The fourth-order valence-corrected chi connectivity index (χ4v) is 3.03. The average Bonchev–Trinajstić information content (AvgIpc) is 2.79. The highest BCUT2D eigenvalue weighted by Gasteiger charge is 2.40. The Morgan fingerprint density at radius 2 is 2.12 bits per heavy atom. The van der Waals surface area contributed by atoms with Crippen molar-refractivity contribution >= 4 is 17.5 Å². The second kappa shape index (κ2) is 4.68. The molecule has 96 valence electrons. The van der Waals surface area contributed by atoms with E-state index in [1.165, 1.54) is 0 Å². The van der Waals surface area contributed by atoms with Gasteiger partial charge in [-0.25, -0.2) is 16.3 Å². The van der Waals surface area contributed by atoms with Crippen molar-refractivity contribution in [2.45, 2.75) is 29.9 Å². The van der Waals surface area contributed by atoms with Crippen LogP contribution < -0.4 is 27.2 Å². The van der Waals surface area contributed by atoms with Gasteiger partial charge in [0.05, 0.1) is 6.04 Å². The highest BCUT2D eigenvalue weighted by Crippen LogP contribution is 2.20. The van der Waals surface area contributed by atoms with Gasteiger partial charge in [-0.1, -0.05) is 0 Å². The molecule has 8 heteroatoms. The fraction of sp³-hybridized carbons (Fsp3) is 0.889. The zero-order valence-corrected chi connectivity index (χ0v) is 10.1. The first-order valence-corrected chi connectivity index (χ1v) is 6.36. The van der Waals surface area contributed by atoms with E-state index in [2.05, 4.69) is 32.1 Å². The summed E-state index contributed by atoms with van der Waals surface area (Å²) in [5.74, 6) is -0.138. The summed E-state index contributed by atoms with van der Waals surface area (Å²) >= 11 is 6.16. The van der Waals surface area contributed by atoms with E-state index in [1.807, 2.05) is 0 Å². The van der Waals surface area contributed by atoms with E-state index in [9.17, 15) is 4.79 Å². The standard InChI is InChI=1S/C9H17ClN6O/c10-8-7(3-11-14-9(8)17)16-2-1-5-6(4-16)13-15-12-5/h5-8,11-13,15H,1-4H2,(H,14,17). The maximum Gasteiger partial charge on any atom is 0.253 e. The van der Waals surface area contributed by atoms with Crippen LogP contribution in [0, 0.1) is 0 Å². The van der Waals surface area contributed by atoms with E-state index in [0.717, 1.165) is 19.5 Å². The molecule has 0 spiro atoms. The summed E-state index contributed by atoms with van der Waals surface area (Å²) in [7, 11) is 0. The Morgan fingerprint density at radius 3 is 3.00 bits per heavy atom. The van der Waals surface area contributed by atoms with Crippen molar-refractivity contribution in [3.05, 3.63) is 0 Å². The van der Waals surface area contributed by atoms with Crippen LogP contribution in [0.3, 0.4) is 0 Å². The summed E-state index contributed by atoms with van der Waals surface area (Å²) in [6.45, 7) is 2.55. The molecule has 7 nitrogen and oxygen atoms in total. The molecule has 3 saturated heterocycles. The number of nitrogens with zero attached hydrogens (tertiary/aromatic N) is 1. The summed E-state index contributed by atoms with van der Waals surface area (Å²) in [4.78, 5) is 13.8. The average molecular weight is 261 g/mol. The van der Waals surface area contributed by atoms with Crippen LogP contribution in [0.4, 0.5) is 0 Å². The van der Waals surface area contributed by atoms with Crippen molar-refractivity contribution in [2.24, 2.45) is 0 Å². The van der Waals surface area contributed by atoms with E-state index < -0.39 is 5.38 Å². The van der Waals surface area contributed by atoms with Crippen LogP contribution in [0.25, 0.3) is 0 Å². The van der Waals surface area contributed by atoms with Crippen molar-refractivity contribution in [1.82, 2.24) is 32.1 Å². The predicted molar refractivity (Wildman–Crippen MR) is 62.7 cm³/mol. The molecular formula is C9H17ClN6O. The van der Waals surface area contributed by atoms with Gasteiger partial charge < -0.3 is 0 Å². The van der Waals surface area contributed by atoms with Crippen LogP contribution in [0.15, 0.2) is 0 Å². The number of hydrogen-bond donors (Lipinski definition) is 5. The van der Waals surface area contributed by atoms with Gasteiger partial charge in [-0.3, -0.25) is 15.1 Å². The van der Waals surface area contributed by atoms with Crippen LogP contribution >= 0.6 is 11.6 Å². The monoisotopic (exact) mass is 260 g/mol. The van der Waals surface area contributed by atoms with Gasteiger partial charge in [0.1, 0.15) is 5.38 Å². The van der Waals surface area contributed by atoms with E-state index >= 15 is 0 Å². The summed E-state index contributed by atoms with van der Waals surface area (Å²) in [5, 5.41) is -0.477. The molecule has 3 fully saturated rings. The number of hydrogen-bond acceptors (Lipinski definition) is 6. The molecule has 0 bridgehead atoms. The minimum absolute atomic E-state index is 0.0637. The Bertz CT molecular complexity index is 316. The lowest BCUT2D eigenvalue weighted by molar-refractivity contribution is -0.125. The molecule has 3 aliphatic rings. The molecule has 0 radical (unpaired) electrons. The van der Waals surface area contributed by atoms with Gasteiger partial charge in [-0.15, -0.1) is 11.6 Å². The maximum absolute atomic E-state index is 11.5. The van der Waals surface area contributed by atoms with Gasteiger partial charge in [0.2, 0.25) is 0 Å². The van der Waals surface area contributed by atoms with E-state index in [4.69, 9.17) is 11.6 Å². The zero-order chi connectivity index (χ0) is 11.8. The van der Waals surface area contributed by atoms with Gasteiger partial charge in [0.25, 0.3) is 5.91 Å². The Balaban J connectivity index is 1.66. The third kappa shape index (κ3) is 2.14. The number of halogens is 1. The van der Waals surface area contributed by atoms with Gasteiger partial charge >= 0.3 is 0 Å². The van der Waals surface area contributed by atoms with E-state index in [0.29, 0.717) is 18.6 Å². The third-order valence-corrected chi connectivity index (χ3v) is 4.23. The number of likely N-dealkylation sites (tertiary alicyclic amines) is 1. The Hall–Kier alpha value is -0.440. The molecule has 3 heterocycles. The van der Waals surface area contributed by atoms with Crippen molar-refractivity contribution in [1.29, 1.82) is 0 Å². The lowest BCUT2D eigenvalue weighted by Crippen LogP contribution is -2.65. The molecular weight excluding hydrogens is 244 g/mol. The molecule has 5 N–H and O–H groups in total. The molecule has 3 rings (SSSR count). The molecule has 0 saturated carbocycles. The highest BCUT2D eigenvalue weighted by atomic mass is 35.5. The molecule has 3 aliphatic heterocycles. The Morgan fingerprint density at radius 1 is 1.29 bits per heavy atom. The van der Waals surface area contributed by atoms with Crippen molar-refractivity contribution < 1.29 is 4.79 Å². The number of fused-ring (bicyclic) bond motifs is 1. The number of rotatable bonds is 1. The quantitative estimate of drug-likeness (QED) is 0.340. The van der Waals surface area contributed by atoms with Crippen LogP contribution in [0.5, 0.6) is 0 Å². The van der Waals surface area contributed by atoms with Crippen LogP contribution in [0.2, 0.25) is 0 Å². The number of carbonyl (C=O) groups excluding carboxylic acids is 1. The van der Waals surface area contributed by atoms with Crippen LogP contribution in [0.1, 0.15) is 6.42 Å². The Labute approximate surface area is 105 Å². The molecule has 4 atom stereocenters. The minimum atomic E-state index is -0.477. The summed E-state index contributed by atoms with van der Waals surface area (Å²) < 4.78 is 0. The zero-order valence-electron chi connectivity index (χ0n) is 9.37. The number of nitrogens with one attached hydrogen (secondary N) is 5. The number of carbonyl (C=O) groups is 1. The number of piperidine rings is 1. The van der Waals surface area contributed by atoms with Gasteiger partial charge in [-0.2, -0.15) is 5.53 Å². The molecule has 0 aromatic carbocycles.